The number of hydrogen-bond donors (Lipinski definition) is 1. The monoisotopic (exact) mass is 419 g/mol. The molecule has 0 amide bonds. The number of halogens is 2. The first-order chi connectivity index (χ1) is 14.3. The highest BCUT2D eigenvalue weighted by Crippen LogP contribution is 2.42. The Balaban J connectivity index is 1.87. The van der Waals surface area contributed by atoms with Crippen LogP contribution in [-0.2, 0) is 7.05 Å². The van der Waals surface area contributed by atoms with Crippen LogP contribution in [0.4, 0.5) is 8.78 Å². The lowest BCUT2D eigenvalue weighted by Crippen LogP contribution is -2.10. The molecule has 30 heavy (non-hydrogen) atoms. The van der Waals surface area contributed by atoms with Crippen molar-refractivity contribution in [3.63, 3.8) is 0 Å². The molecule has 2 heterocycles. The van der Waals surface area contributed by atoms with Crippen molar-refractivity contribution in [3.05, 3.63) is 34.7 Å². The first kappa shape index (κ1) is 20.2. The van der Waals surface area contributed by atoms with Crippen LogP contribution < -0.4 is 19.8 Å². The molecule has 0 aliphatic heterocycles. The Bertz CT molecular complexity index is 1120. The molecule has 1 saturated carbocycles. The van der Waals surface area contributed by atoms with E-state index < -0.39 is 6.61 Å². The molecule has 1 aromatic carbocycles. The maximum Gasteiger partial charge on any atom is 0.387 e. The summed E-state index contributed by atoms with van der Waals surface area (Å²) < 4.78 is 43.9. The molecule has 0 spiro atoms. The molecule has 4 rings (SSSR count). The summed E-state index contributed by atoms with van der Waals surface area (Å²) in [5.41, 5.74) is 1.53. The zero-order chi connectivity index (χ0) is 21.4. The van der Waals surface area contributed by atoms with E-state index in [1.54, 1.807) is 29.9 Å². The largest absolute Gasteiger partial charge is 0.490 e. The average molecular weight is 419 g/mol. The van der Waals surface area contributed by atoms with E-state index in [1.165, 1.54) is 6.07 Å². The summed E-state index contributed by atoms with van der Waals surface area (Å²) in [4.78, 5) is 12.5. The van der Waals surface area contributed by atoms with Crippen LogP contribution in [0.15, 0.2) is 29.2 Å². The van der Waals surface area contributed by atoms with Crippen molar-refractivity contribution in [2.75, 3.05) is 6.61 Å². The Morgan fingerprint density at radius 1 is 1.27 bits per heavy atom. The lowest BCUT2D eigenvalue weighted by atomic mass is 10.1. The highest BCUT2D eigenvalue weighted by molar-refractivity contribution is 5.94. The normalized spacial score (nSPS) is 14.0. The third-order valence-electron chi connectivity index (χ3n) is 4.79. The van der Waals surface area contributed by atoms with E-state index in [1.807, 2.05) is 13.8 Å². The molecule has 1 aliphatic rings. The number of aromatic amines is 1. The highest BCUT2D eigenvalue weighted by atomic mass is 19.3. The molecule has 1 fully saturated rings. The second-order valence-electron chi connectivity index (χ2n) is 7.76. The van der Waals surface area contributed by atoms with Gasteiger partial charge >= 0.3 is 6.61 Å². The molecule has 2 aromatic heterocycles. The molecular weight excluding hydrogens is 396 g/mol. The molecule has 0 radical (unpaired) electrons. The van der Waals surface area contributed by atoms with Crippen LogP contribution in [0, 0.1) is 5.92 Å². The molecule has 1 N–H and O–H groups in total. The quantitative estimate of drug-likeness (QED) is 0.595. The van der Waals surface area contributed by atoms with E-state index in [0.29, 0.717) is 34.5 Å². The number of aromatic nitrogens is 3. The van der Waals surface area contributed by atoms with Crippen LogP contribution in [-0.4, -0.2) is 34.1 Å². The van der Waals surface area contributed by atoms with E-state index in [-0.39, 0.29) is 29.1 Å². The fourth-order valence-corrected chi connectivity index (χ4v) is 3.28. The molecule has 9 heteroatoms. The van der Waals surface area contributed by atoms with Gasteiger partial charge in [0.1, 0.15) is 5.39 Å². The maximum absolute atomic E-state index is 12.8. The Hall–Kier alpha value is -3.10. The van der Waals surface area contributed by atoms with Crippen LogP contribution in [0.3, 0.4) is 0 Å². The van der Waals surface area contributed by atoms with Gasteiger partial charge in [-0.2, -0.15) is 13.9 Å². The standard InChI is InChI=1S/C21H23F2N3O4/c1-11(2)10-28-19-17-14(9-24-25-20(17)27)26(3)18(19)12-4-7-15(30-21(22)23)16(8-12)29-13-5-6-13/h4,7-9,11,13,21H,5-6,10H2,1-3H3,(H,25,27). The summed E-state index contributed by atoms with van der Waals surface area (Å²) in [6, 6.07) is 4.75. The number of rotatable bonds is 8. The third kappa shape index (κ3) is 3.96. The minimum absolute atomic E-state index is 0.00328. The van der Waals surface area contributed by atoms with Crippen molar-refractivity contribution < 1.29 is 23.0 Å². The number of H-pyrrole nitrogens is 1. The molecule has 0 bridgehead atoms. The van der Waals surface area contributed by atoms with E-state index >= 15 is 0 Å². The van der Waals surface area contributed by atoms with Gasteiger partial charge in [0.2, 0.25) is 0 Å². The molecule has 1 aliphatic carbocycles. The zero-order valence-corrected chi connectivity index (χ0v) is 16.9. The molecule has 0 saturated heterocycles. The van der Waals surface area contributed by atoms with E-state index in [4.69, 9.17) is 9.47 Å². The number of nitrogens with zero attached hydrogens (tertiary/aromatic N) is 2. The average Bonchev–Trinajstić information content (AvgIpc) is 3.45. The summed E-state index contributed by atoms with van der Waals surface area (Å²) in [5.74, 6) is 0.875. The third-order valence-corrected chi connectivity index (χ3v) is 4.79. The van der Waals surface area contributed by atoms with Crippen LogP contribution in [0.2, 0.25) is 0 Å². The van der Waals surface area contributed by atoms with Gasteiger partial charge in [0.05, 0.1) is 30.1 Å². The predicted octanol–water partition coefficient (Wildman–Crippen LogP) is 4.11. The van der Waals surface area contributed by atoms with Gasteiger partial charge in [-0.25, -0.2) is 5.10 Å². The van der Waals surface area contributed by atoms with Crippen molar-refractivity contribution in [2.24, 2.45) is 13.0 Å². The Labute approximate surface area is 171 Å². The highest BCUT2D eigenvalue weighted by Gasteiger charge is 2.27. The van der Waals surface area contributed by atoms with Gasteiger partial charge in [-0.15, -0.1) is 0 Å². The number of fused-ring (bicyclic) bond motifs is 1. The predicted molar refractivity (Wildman–Crippen MR) is 107 cm³/mol. The van der Waals surface area contributed by atoms with Gasteiger partial charge < -0.3 is 18.8 Å². The second-order valence-corrected chi connectivity index (χ2v) is 7.76. The molecule has 160 valence electrons. The zero-order valence-electron chi connectivity index (χ0n) is 16.9. The van der Waals surface area contributed by atoms with Crippen molar-refractivity contribution >= 4 is 10.9 Å². The van der Waals surface area contributed by atoms with Crippen LogP contribution in [0.1, 0.15) is 26.7 Å². The molecule has 0 unspecified atom stereocenters. The van der Waals surface area contributed by atoms with Crippen LogP contribution in [0.5, 0.6) is 17.2 Å². The number of ether oxygens (including phenoxy) is 3. The van der Waals surface area contributed by atoms with Gasteiger partial charge in [0.25, 0.3) is 5.56 Å². The van der Waals surface area contributed by atoms with Crippen molar-refractivity contribution in [1.82, 2.24) is 14.8 Å². The first-order valence-corrected chi connectivity index (χ1v) is 9.80. The Morgan fingerprint density at radius 2 is 2.03 bits per heavy atom. The summed E-state index contributed by atoms with van der Waals surface area (Å²) in [7, 11) is 1.80. The summed E-state index contributed by atoms with van der Waals surface area (Å²) in [5, 5.41) is 6.72. The summed E-state index contributed by atoms with van der Waals surface area (Å²) >= 11 is 0. The van der Waals surface area contributed by atoms with Gasteiger partial charge in [-0.1, -0.05) is 13.8 Å². The lowest BCUT2D eigenvalue weighted by molar-refractivity contribution is -0.0516. The van der Waals surface area contributed by atoms with Gasteiger partial charge in [-0.05, 0) is 37.0 Å². The molecular formula is C21H23F2N3O4. The summed E-state index contributed by atoms with van der Waals surface area (Å²) in [6.07, 6.45) is 3.29. The fourth-order valence-electron chi connectivity index (χ4n) is 3.28. The van der Waals surface area contributed by atoms with E-state index in [9.17, 15) is 13.6 Å². The van der Waals surface area contributed by atoms with Crippen LogP contribution >= 0.6 is 0 Å². The van der Waals surface area contributed by atoms with Crippen LogP contribution in [0.25, 0.3) is 22.2 Å². The number of aryl methyl sites for hydroxylation is 1. The molecule has 0 atom stereocenters. The maximum atomic E-state index is 12.8. The minimum atomic E-state index is -2.95. The first-order valence-electron chi connectivity index (χ1n) is 9.80. The molecule has 3 aromatic rings. The SMILES string of the molecule is CC(C)COc1c(-c2ccc(OC(F)F)c(OC3CC3)c2)n(C)c2cn[nH]c(=O)c12. The van der Waals surface area contributed by atoms with Crippen molar-refractivity contribution in [1.29, 1.82) is 0 Å². The van der Waals surface area contributed by atoms with E-state index in [2.05, 4.69) is 14.9 Å². The fraction of sp³-hybridized carbons (Fsp3) is 0.429. The number of nitrogens with one attached hydrogen (secondary N) is 1. The van der Waals surface area contributed by atoms with Crippen molar-refractivity contribution in [2.45, 2.75) is 39.4 Å². The Kier molecular flexibility index (Phi) is 5.36. The molecule has 7 nitrogen and oxygen atoms in total. The Morgan fingerprint density at radius 3 is 2.70 bits per heavy atom. The number of hydrogen-bond acceptors (Lipinski definition) is 5. The lowest BCUT2D eigenvalue weighted by Gasteiger charge is -2.15. The van der Waals surface area contributed by atoms with Gasteiger partial charge in [0.15, 0.2) is 17.2 Å². The topological polar surface area (TPSA) is 78.4 Å². The second kappa shape index (κ2) is 7.97. The summed E-state index contributed by atoms with van der Waals surface area (Å²) in [6.45, 7) is 1.47. The number of alkyl halides is 2. The van der Waals surface area contributed by atoms with Crippen molar-refractivity contribution in [3.8, 4) is 28.5 Å². The van der Waals surface area contributed by atoms with Gasteiger partial charge in [-0.3, -0.25) is 4.79 Å². The smallest absolute Gasteiger partial charge is 0.387 e. The minimum Gasteiger partial charge on any atom is -0.490 e. The van der Waals surface area contributed by atoms with Gasteiger partial charge in [0, 0.05) is 12.6 Å². The number of benzene rings is 1. The van der Waals surface area contributed by atoms with E-state index in [0.717, 1.165) is 12.8 Å².